The van der Waals surface area contributed by atoms with Gasteiger partial charge in [0, 0.05) is 6.54 Å². The molecule has 0 unspecified atom stereocenters. The molecule has 1 saturated carbocycles. The van der Waals surface area contributed by atoms with Crippen LogP contribution in [0.15, 0.2) is 0 Å². The van der Waals surface area contributed by atoms with Crippen LogP contribution in [0.25, 0.3) is 0 Å². The van der Waals surface area contributed by atoms with Gasteiger partial charge in [0.05, 0.1) is 10.5 Å². The van der Waals surface area contributed by atoms with Crippen LogP contribution in [0.5, 0.6) is 0 Å². The van der Waals surface area contributed by atoms with Gasteiger partial charge >= 0.3 is 0 Å². The highest BCUT2D eigenvalue weighted by atomic mass is 32.2. The van der Waals surface area contributed by atoms with Gasteiger partial charge in [-0.2, -0.15) is 0 Å². The first-order chi connectivity index (χ1) is 8.22. The van der Waals surface area contributed by atoms with E-state index in [1.165, 1.54) is 19.3 Å². The largest absolute Gasteiger partial charge is 0.316 e. The highest BCUT2D eigenvalue weighted by Gasteiger charge is 2.39. The van der Waals surface area contributed by atoms with Gasteiger partial charge in [0.15, 0.2) is 9.84 Å². The second-order valence-electron chi connectivity index (χ2n) is 6.71. The molecule has 0 saturated heterocycles. The van der Waals surface area contributed by atoms with Crippen molar-refractivity contribution in [3.8, 4) is 0 Å². The minimum Gasteiger partial charge on any atom is -0.316 e. The van der Waals surface area contributed by atoms with Crippen LogP contribution in [0.4, 0.5) is 0 Å². The van der Waals surface area contributed by atoms with E-state index >= 15 is 0 Å². The molecule has 0 aromatic rings. The summed E-state index contributed by atoms with van der Waals surface area (Å²) in [6.45, 7) is 9.57. The predicted molar refractivity (Wildman–Crippen MR) is 77.6 cm³/mol. The quantitative estimate of drug-likeness (QED) is 0.727. The second-order valence-corrected chi connectivity index (χ2v) is 9.57. The third-order valence-electron chi connectivity index (χ3n) is 4.18. The van der Waals surface area contributed by atoms with Gasteiger partial charge in [0.2, 0.25) is 0 Å². The molecule has 108 valence electrons. The summed E-state index contributed by atoms with van der Waals surface area (Å²) in [5.74, 6) is 0.338. The van der Waals surface area contributed by atoms with Gasteiger partial charge in [-0.3, -0.25) is 0 Å². The fraction of sp³-hybridized carbons (Fsp3) is 1.00. The van der Waals surface area contributed by atoms with Gasteiger partial charge in [-0.25, -0.2) is 8.42 Å². The van der Waals surface area contributed by atoms with Crippen molar-refractivity contribution in [1.82, 2.24) is 5.32 Å². The first kappa shape index (κ1) is 16.0. The molecule has 1 aliphatic rings. The van der Waals surface area contributed by atoms with E-state index in [-0.39, 0.29) is 5.41 Å². The molecule has 1 aliphatic carbocycles. The average Bonchev–Trinajstić information content (AvgIpc) is 2.19. The Morgan fingerprint density at radius 2 is 1.83 bits per heavy atom. The molecule has 1 fully saturated rings. The van der Waals surface area contributed by atoms with Gasteiger partial charge < -0.3 is 5.32 Å². The molecule has 0 spiro atoms. The molecule has 0 heterocycles. The Labute approximate surface area is 113 Å². The Balaban J connectivity index is 2.50. The summed E-state index contributed by atoms with van der Waals surface area (Å²) in [5.41, 5.74) is 0.257. The van der Waals surface area contributed by atoms with Crippen molar-refractivity contribution in [2.45, 2.75) is 64.5 Å². The lowest BCUT2D eigenvalue weighted by atomic mass is 9.67. The molecule has 0 aliphatic heterocycles. The molecule has 1 N–H and O–H groups in total. The monoisotopic (exact) mass is 275 g/mol. The van der Waals surface area contributed by atoms with E-state index in [0.29, 0.717) is 5.75 Å². The molecule has 1 rings (SSSR count). The van der Waals surface area contributed by atoms with Gasteiger partial charge in [-0.15, -0.1) is 0 Å². The summed E-state index contributed by atoms with van der Waals surface area (Å²) in [4.78, 5) is 0. The van der Waals surface area contributed by atoms with Gasteiger partial charge in [0.25, 0.3) is 0 Å². The molecule has 0 radical (unpaired) electrons. The van der Waals surface area contributed by atoms with E-state index in [0.717, 1.165) is 25.9 Å². The number of hydrogen-bond donors (Lipinski definition) is 1. The number of rotatable bonds is 7. The van der Waals surface area contributed by atoms with Crippen LogP contribution in [0, 0.1) is 5.41 Å². The molecule has 0 aromatic carbocycles. The van der Waals surface area contributed by atoms with Gasteiger partial charge in [-0.05, 0) is 58.4 Å². The van der Waals surface area contributed by atoms with Crippen LogP contribution in [-0.2, 0) is 9.84 Å². The molecular weight excluding hydrogens is 246 g/mol. The van der Waals surface area contributed by atoms with Crippen molar-refractivity contribution < 1.29 is 8.42 Å². The van der Waals surface area contributed by atoms with Crippen LogP contribution in [0.3, 0.4) is 0 Å². The van der Waals surface area contributed by atoms with Crippen LogP contribution < -0.4 is 5.32 Å². The summed E-state index contributed by atoms with van der Waals surface area (Å²) < 4.78 is 23.7. The van der Waals surface area contributed by atoms with Crippen molar-refractivity contribution in [3.05, 3.63) is 0 Å². The summed E-state index contributed by atoms with van der Waals surface area (Å²) in [5, 5.41) is 3.46. The molecule has 0 aromatic heterocycles. The molecule has 3 nitrogen and oxygen atoms in total. The van der Waals surface area contributed by atoms with Crippen molar-refractivity contribution in [3.63, 3.8) is 0 Å². The second kappa shape index (κ2) is 5.91. The average molecular weight is 275 g/mol. The fourth-order valence-electron chi connectivity index (χ4n) is 2.38. The molecule has 18 heavy (non-hydrogen) atoms. The van der Waals surface area contributed by atoms with Crippen molar-refractivity contribution in [1.29, 1.82) is 0 Å². The lowest BCUT2D eigenvalue weighted by Gasteiger charge is -2.42. The normalized spacial score (nSPS) is 19.6. The van der Waals surface area contributed by atoms with E-state index < -0.39 is 14.6 Å². The van der Waals surface area contributed by atoms with Crippen molar-refractivity contribution in [2.24, 2.45) is 5.41 Å². The highest BCUT2D eigenvalue weighted by Crippen LogP contribution is 2.44. The maximum Gasteiger partial charge on any atom is 0.155 e. The number of nitrogens with one attached hydrogen (secondary N) is 1. The zero-order valence-electron chi connectivity index (χ0n) is 12.4. The van der Waals surface area contributed by atoms with E-state index in [9.17, 15) is 8.42 Å². The van der Waals surface area contributed by atoms with Gasteiger partial charge in [-0.1, -0.05) is 13.3 Å². The van der Waals surface area contributed by atoms with Gasteiger partial charge in [0.1, 0.15) is 0 Å². The summed E-state index contributed by atoms with van der Waals surface area (Å²) in [7, 11) is -2.97. The van der Waals surface area contributed by atoms with E-state index in [2.05, 4.69) is 12.2 Å². The Kier molecular flexibility index (Phi) is 5.24. The molecule has 4 heteroatoms. The maximum absolute atomic E-state index is 12.1. The molecule has 0 amide bonds. The van der Waals surface area contributed by atoms with Crippen LogP contribution in [0.2, 0.25) is 0 Å². The molecule has 0 atom stereocenters. The minimum absolute atomic E-state index is 0.257. The van der Waals surface area contributed by atoms with E-state index in [1.807, 2.05) is 0 Å². The smallest absolute Gasteiger partial charge is 0.155 e. The summed E-state index contributed by atoms with van der Waals surface area (Å²) >= 11 is 0. The molecule has 0 bridgehead atoms. The zero-order valence-corrected chi connectivity index (χ0v) is 13.2. The third-order valence-corrected chi connectivity index (χ3v) is 6.78. The Hall–Kier alpha value is -0.0900. The van der Waals surface area contributed by atoms with Crippen LogP contribution in [-0.4, -0.2) is 32.0 Å². The Morgan fingerprint density at radius 3 is 2.22 bits per heavy atom. The van der Waals surface area contributed by atoms with Crippen molar-refractivity contribution >= 4 is 9.84 Å². The van der Waals surface area contributed by atoms with E-state index in [4.69, 9.17) is 0 Å². The lowest BCUT2D eigenvalue weighted by Crippen LogP contribution is -2.42. The minimum atomic E-state index is -2.97. The van der Waals surface area contributed by atoms with Crippen LogP contribution >= 0.6 is 0 Å². The summed E-state index contributed by atoms with van der Waals surface area (Å²) in [6, 6.07) is 0. The molecular formula is C14H29NO2S. The maximum atomic E-state index is 12.1. The van der Waals surface area contributed by atoms with Crippen LogP contribution in [0.1, 0.15) is 59.8 Å². The number of hydrogen-bond acceptors (Lipinski definition) is 3. The zero-order chi connectivity index (χ0) is 13.9. The lowest BCUT2D eigenvalue weighted by molar-refractivity contribution is 0.125. The SMILES string of the molecule is CCCNCC1(CCS(=O)(=O)C(C)(C)C)CCC1. The Morgan fingerprint density at radius 1 is 1.22 bits per heavy atom. The predicted octanol–water partition coefficient (Wildman–Crippen LogP) is 2.76. The third kappa shape index (κ3) is 3.95. The van der Waals surface area contributed by atoms with E-state index in [1.54, 1.807) is 20.8 Å². The topological polar surface area (TPSA) is 46.2 Å². The number of sulfone groups is 1. The van der Waals surface area contributed by atoms with Crippen molar-refractivity contribution in [2.75, 3.05) is 18.8 Å². The highest BCUT2D eigenvalue weighted by molar-refractivity contribution is 7.92. The standard InChI is InChI=1S/C14H29NO2S/c1-5-10-15-12-14(7-6-8-14)9-11-18(16,17)13(2,3)4/h15H,5-12H2,1-4H3. The fourth-order valence-corrected chi connectivity index (χ4v) is 3.69. The summed E-state index contributed by atoms with van der Waals surface area (Å²) in [6.07, 6.45) is 5.58. The first-order valence-corrected chi connectivity index (χ1v) is 8.81. The Bertz CT molecular complexity index is 350. The first-order valence-electron chi connectivity index (χ1n) is 7.15.